The van der Waals surface area contributed by atoms with Crippen molar-refractivity contribution in [1.82, 2.24) is 9.78 Å². The van der Waals surface area contributed by atoms with Crippen molar-refractivity contribution < 1.29 is 14.3 Å². The first-order valence-corrected chi connectivity index (χ1v) is 10.4. The lowest BCUT2D eigenvalue weighted by molar-refractivity contribution is -0.147. The minimum Gasteiger partial charge on any atom is -0.465 e. The van der Waals surface area contributed by atoms with Crippen molar-refractivity contribution in [3.63, 3.8) is 0 Å². The number of hydrogen-bond donors (Lipinski definition) is 1. The molecular formula is C26H23N3O3. The van der Waals surface area contributed by atoms with Crippen LogP contribution in [0.4, 0.5) is 5.82 Å². The van der Waals surface area contributed by atoms with E-state index in [0.29, 0.717) is 17.1 Å². The minimum absolute atomic E-state index is 0.190. The molecule has 0 saturated heterocycles. The number of benzene rings is 3. The molecule has 1 amide bonds. The second-order valence-corrected chi connectivity index (χ2v) is 7.11. The molecule has 0 aliphatic heterocycles. The third kappa shape index (κ3) is 4.59. The maximum Gasteiger partial charge on any atom is 0.323 e. The van der Waals surface area contributed by atoms with Gasteiger partial charge in [-0.05, 0) is 24.6 Å². The van der Waals surface area contributed by atoms with Crippen LogP contribution in [0.3, 0.4) is 0 Å². The van der Waals surface area contributed by atoms with Crippen molar-refractivity contribution in [2.24, 2.45) is 0 Å². The van der Waals surface area contributed by atoms with Gasteiger partial charge in [0.2, 0.25) is 5.91 Å². The third-order valence-corrected chi connectivity index (χ3v) is 4.95. The minimum atomic E-state index is -1.09. The van der Waals surface area contributed by atoms with Crippen molar-refractivity contribution in [2.75, 3.05) is 11.9 Å². The molecule has 1 heterocycles. The Balaban J connectivity index is 1.72. The van der Waals surface area contributed by atoms with E-state index in [0.717, 1.165) is 11.3 Å². The van der Waals surface area contributed by atoms with E-state index >= 15 is 0 Å². The molecule has 6 heteroatoms. The van der Waals surface area contributed by atoms with E-state index in [1.807, 2.05) is 66.7 Å². The van der Waals surface area contributed by atoms with Gasteiger partial charge in [-0.2, -0.15) is 5.10 Å². The molecule has 0 aliphatic carbocycles. The summed E-state index contributed by atoms with van der Waals surface area (Å²) in [7, 11) is 0. The number of hydrogen-bond acceptors (Lipinski definition) is 4. The molecule has 1 aromatic heterocycles. The van der Waals surface area contributed by atoms with Gasteiger partial charge in [-0.15, -0.1) is 0 Å². The first-order chi connectivity index (χ1) is 15.7. The second-order valence-electron chi connectivity index (χ2n) is 7.11. The molecule has 0 radical (unpaired) electrons. The summed E-state index contributed by atoms with van der Waals surface area (Å²) < 4.78 is 6.84. The van der Waals surface area contributed by atoms with Crippen molar-refractivity contribution in [1.29, 1.82) is 0 Å². The molecule has 160 valence electrons. The Bertz CT molecular complexity index is 1190. The highest BCUT2D eigenvalue weighted by atomic mass is 16.5. The average Bonchev–Trinajstić information content (AvgIpc) is 3.25. The average molecular weight is 425 g/mol. The first kappa shape index (κ1) is 21.1. The molecule has 3 aromatic carbocycles. The number of anilines is 1. The van der Waals surface area contributed by atoms with Crippen molar-refractivity contribution in [3.05, 3.63) is 103 Å². The molecule has 4 aromatic rings. The van der Waals surface area contributed by atoms with Gasteiger partial charge in [0.15, 0.2) is 5.92 Å². The Morgan fingerprint density at radius 3 is 2.12 bits per heavy atom. The van der Waals surface area contributed by atoms with Gasteiger partial charge in [0.1, 0.15) is 5.82 Å². The summed E-state index contributed by atoms with van der Waals surface area (Å²) in [5.74, 6) is -1.70. The lowest BCUT2D eigenvalue weighted by atomic mass is 9.98. The van der Waals surface area contributed by atoms with Gasteiger partial charge in [0.25, 0.3) is 0 Å². The standard InChI is InChI=1S/C26H23N3O3/c1-2-32-26(31)24(20-14-8-4-9-15-20)25(30)27-23-18-22(19-12-6-3-7-13-19)28-29(23)21-16-10-5-11-17-21/h3-18,24H,2H2,1H3,(H,27,30)/t24-/m1/s1. The van der Waals surface area contributed by atoms with Gasteiger partial charge in [0.05, 0.1) is 18.0 Å². The summed E-state index contributed by atoms with van der Waals surface area (Å²) in [5.41, 5.74) is 2.98. The van der Waals surface area contributed by atoms with E-state index in [9.17, 15) is 9.59 Å². The van der Waals surface area contributed by atoms with Crippen LogP contribution in [-0.2, 0) is 14.3 Å². The Morgan fingerprint density at radius 2 is 1.50 bits per heavy atom. The third-order valence-electron chi connectivity index (χ3n) is 4.95. The molecule has 0 unspecified atom stereocenters. The normalized spacial score (nSPS) is 11.5. The summed E-state index contributed by atoms with van der Waals surface area (Å²) in [6.07, 6.45) is 0. The van der Waals surface area contributed by atoms with Crippen LogP contribution in [0.25, 0.3) is 16.9 Å². The maximum atomic E-state index is 13.3. The van der Waals surface area contributed by atoms with Crippen LogP contribution in [-0.4, -0.2) is 28.3 Å². The molecule has 0 aliphatic rings. The predicted octanol–water partition coefficient (Wildman–Crippen LogP) is 4.82. The van der Waals surface area contributed by atoms with Crippen LogP contribution in [0.1, 0.15) is 18.4 Å². The summed E-state index contributed by atoms with van der Waals surface area (Å²) >= 11 is 0. The van der Waals surface area contributed by atoms with E-state index < -0.39 is 17.8 Å². The second kappa shape index (κ2) is 9.75. The zero-order valence-electron chi connectivity index (χ0n) is 17.6. The molecule has 1 N–H and O–H groups in total. The highest BCUT2D eigenvalue weighted by Gasteiger charge is 2.31. The van der Waals surface area contributed by atoms with Crippen LogP contribution >= 0.6 is 0 Å². The number of nitrogens with one attached hydrogen (secondary N) is 1. The van der Waals surface area contributed by atoms with E-state index in [4.69, 9.17) is 9.84 Å². The molecule has 0 spiro atoms. The van der Waals surface area contributed by atoms with Crippen molar-refractivity contribution in [3.8, 4) is 16.9 Å². The van der Waals surface area contributed by atoms with Gasteiger partial charge < -0.3 is 10.1 Å². The number of ether oxygens (including phenoxy) is 1. The van der Waals surface area contributed by atoms with Crippen LogP contribution in [0.5, 0.6) is 0 Å². The topological polar surface area (TPSA) is 73.2 Å². The predicted molar refractivity (Wildman–Crippen MR) is 123 cm³/mol. The van der Waals surface area contributed by atoms with E-state index in [1.165, 1.54) is 0 Å². The number of carbonyl (C=O) groups is 2. The number of nitrogens with zero attached hydrogens (tertiary/aromatic N) is 2. The quantitative estimate of drug-likeness (QED) is 0.340. The number of amides is 1. The molecule has 0 bridgehead atoms. The smallest absolute Gasteiger partial charge is 0.323 e. The summed E-state index contributed by atoms with van der Waals surface area (Å²) in [6, 6.07) is 29.9. The Labute approximate surface area is 186 Å². The largest absolute Gasteiger partial charge is 0.465 e. The lowest BCUT2D eigenvalue weighted by Gasteiger charge is -2.16. The summed E-state index contributed by atoms with van der Waals surface area (Å²) in [6.45, 7) is 1.91. The molecule has 0 fully saturated rings. The van der Waals surface area contributed by atoms with Gasteiger partial charge in [-0.3, -0.25) is 9.59 Å². The van der Waals surface area contributed by atoms with Gasteiger partial charge in [-0.25, -0.2) is 4.68 Å². The number of aromatic nitrogens is 2. The zero-order valence-corrected chi connectivity index (χ0v) is 17.6. The maximum absolute atomic E-state index is 13.3. The highest BCUT2D eigenvalue weighted by Crippen LogP contribution is 2.26. The summed E-state index contributed by atoms with van der Waals surface area (Å²) in [4.78, 5) is 26.0. The number of para-hydroxylation sites is 1. The van der Waals surface area contributed by atoms with Gasteiger partial charge >= 0.3 is 5.97 Å². The van der Waals surface area contributed by atoms with Gasteiger partial charge in [-0.1, -0.05) is 78.9 Å². The molecule has 4 rings (SSSR count). The monoisotopic (exact) mass is 425 g/mol. The molecular weight excluding hydrogens is 402 g/mol. The van der Waals surface area contributed by atoms with Crippen LogP contribution < -0.4 is 5.32 Å². The van der Waals surface area contributed by atoms with Crippen LogP contribution in [0, 0.1) is 0 Å². The number of carbonyl (C=O) groups excluding carboxylic acids is 2. The van der Waals surface area contributed by atoms with Crippen molar-refractivity contribution in [2.45, 2.75) is 12.8 Å². The SMILES string of the molecule is CCOC(=O)[C@@H](C(=O)Nc1cc(-c2ccccc2)nn1-c1ccccc1)c1ccccc1. The molecule has 6 nitrogen and oxygen atoms in total. The van der Waals surface area contributed by atoms with E-state index in [2.05, 4.69) is 5.32 Å². The number of esters is 1. The summed E-state index contributed by atoms with van der Waals surface area (Å²) in [5, 5.41) is 7.60. The fourth-order valence-electron chi connectivity index (χ4n) is 3.45. The van der Waals surface area contributed by atoms with Crippen LogP contribution in [0.2, 0.25) is 0 Å². The lowest BCUT2D eigenvalue weighted by Crippen LogP contribution is -2.30. The molecule has 1 atom stereocenters. The highest BCUT2D eigenvalue weighted by molar-refractivity contribution is 6.09. The van der Waals surface area contributed by atoms with Crippen LogP contribution in [0.15, 0.2) is 97.1 Å². The molecule has 0 saturated carbocycles. The fraction of sp³-hybridized carbons (Fsp3) is 0.115. The Kier molecular flexibility index (Phi) is 6.41. The zero-order chi connectivity index (χ0) is 22.3. The number of rotatable bonds is 7. The van der Waals surface area contributed by atoms with Crippen molar-refractivity contribution >= 4 is 17.7 Å². The molecule has 32 heavy (non-hydrogen) atoms. The van der Waals surface area contributed by atoms with E-state index in [1.54, 1.807) is 41.9 Å². The first-order valence-electron chi connectivity index (χ1n) is 10.4. The van der Waals surface area contributed by atoms with Gasteiger partial charge in [0, 0.05) is 11.6 Å². The van der Waals surface area contributed by atoms with E-state index in [-0.39, 0.29) is 6.61 Å². The Morgan fingerprint density at radius 1 is 0.906 bits per heavy atom. The Hall–Kier alpha value is -4.19. The fourth-order valence-corrected chi connectivity index (χ4v) is 3.45.